The van der Waals surface area contributed by atoms with Crippen LogP contribution in [0.2, 0.25) is 0 Å². The molecule has 23 heavy (non-hydrogen) atoms. The third kappa shape index (κ3) is 2.44. The Hall–Kier alpha value is -2.83. The zero-order valence-corrected chi connectivity index (χ0v) is 13.3. The summed E-state index contributed by atoms with van der Waals surface area (Å²) in [6, 6.07) is 7.32. The molecule has 2 N–H and O–H groups in total. The summed E-state index contributed by atoms with van der Waals surface area (Å²) >= 11 is 0. The van der Waals surface area contributed by atoms with Crippen molar-refractivity contribution in [2.24, 2.45) is 0 Å². The lowest BCUT2D eigenvalue weighted by molar-refractivity contribution is -0.119. The van der Waals surface area contributed by atoms with Crippen LogP contribution < -0.4 is 10.2 Å². The lowest BCUT2D eigenvalue weighted by Gasteiger charge is -2.43. The third-order valence-corrected chi connectivity index (χ3v) is 4.13. The Bertz CT molecular complexity index is 754. The Morgan fingerprint density at radius 3 is 2.78 bits per heavy atom. The SMILES string of the molecule is CNC(=O)CN1c2ccccc2C(=O)N(C)[C@H]1c1nc[nH]c1C. The number of amides is 2. The van der Waals surface area contributed by atoms with Crippen molar-refractivity contribution in [2.75, 3.05) is 25.5 Å². The van der Waals surface area contributed by atoms with Crippen molar-refractivity contribution >= 4 is 17.5 Å². The number of anilines is 1. The van der Waals surface area contributed by atoms with Crippen molar-refractivity contribution < 1.29 is 9.59 Å². The maximum atomic E-state index is 12.7. The standard InChI is InChI=1S/C16H19N5O2/c1-10-14(19-9-18-10)15-20(3)16(23)11-6-4-5-7-12(11)21(15)8-13(22)17-2/h4-7,9,15H,8H2,1-3H3,(H,17,22)(H,18,19)/t15-/m1/s1. The van der Waals surface area contributed by atoms with Crippen LogP contribution in [0.3, 0.4) is 0 Å². The van der Waals surface area contributed by atoms with Crippen LogP contribution >= 0.6 is 0 Å². The Morgan fingerprint density at radius 2 is 2.13 bits per heavy atom. The first kappa shape index (κ1) is 15.1. The molecule has 1 atom stereocenters. The van der Waals surface area contributed by atoms with Gasteiger partial charge in [0.2, 0.25) is 5.91 Å². The van der Waals surface area contributed by atoms with Crippen LogP contribution in [-0.4, -0.2) is 47.3 Å². The number of likely N-dealkylation sites (N-methyl/N-ethyl adjacent to an activating group) is 1. The number of nitrogens with one attached hydrogen (secondary N) is 2. The molecule has 7 nitrogen and oxygen atoms in total. The molecular weight excluding hydrogens is 294 g/mol. The fourth-order valence-electron chi connectivity index (χ4n) is 2.91. The van der Waals surface area contributed by atoms with Crippen molar-refractivity contribution in [3.8, 4) is 0 Å². The zero-order valence-electron chi connectivity index (χ0n) is 13.3. The van der Waals surface area contributed by atoms with E-state index in [1.807, 2.05) is 30.0 Å². The van der Waals surface area contributed by atoms with Crippen molar-refractivity contribution in [1.82, 2.24) is 20.2 Å². The number of aryl methyl sites for hydroxylation is 1. The number of hydrogen-bond donors (Lipinski definition) is 2. The highest BCUT2D eigenvalue weighted by Crippen LogP contribution is 2.37. The van der Waals surface area contributed by atoms with Gasteiger partial charge in [0.25, 0.3) is 5.91 Å². The number of benzene rings is 1. The highest BCUT2D eigenvalue weighted by atomic mass is 16.2. The molecule has 2 heterocycles. The summed E-state index contributed by atoms with van der Waals surface area (Å²) in [6.45, 7) is 2.04. The second-order valence-electron chi connectivity index (χ2n) is 5.52. The number of nitrogens with zero attached hydrogens (tertiary/aromatic N) is 3. The Kier molecular flexibility index (Phi) is 3.77. The minimum absolute atomic E-state index is 0.0823. The summed E-state index contributed by atoms with van der Waals surface area (Å²) in [6.07, 6.45) is 1.17. The molecule has 1 aromatic carbocycles. The molecule has 0 radical (unpaired) electrons. The summed E-state index contributed by atoms with van der Waals surface area (Å²) in [5.41, 5.74) is 2.94. The second-order valence-corrected chi connectivity index (χ2v) is 5.52. The fourth-order valence-corrected chi connectivity index (χ4v) is 2.91. The molecule has 0 aliphatic carbocycles. The van der Waals surface area contributed by atoms with E-state index in [-0.39, 0.29) is 18.4 Å². The van der Waals surface area contributed by atoms with Gasteiger partial charge in [0, 0.05) is 19.8 Å². The number of aromatic amines is 1. The molecule has 0 fully saturated rings. The van der Waals surface area contributed by atoms with Crippen LogP contribution in [0.1, 0.15) is 27.9 Å². The predicted octanol–water partition coefficient (Wildman–Crippen LogP) is 1.05. The second kappa shape index (κ2) is 5.75. The molecule has 1 aromatic heterocycles. The number of carbonyl (C=O) groups is 2. The van der Waals surface area contributed by atoms with E-state index in [0.717, 1.165) is 17.1 Å². The van der Waals surface area contributed by atoms with Crippen molar-refractivity contribution in [3.05, 3.63) is 47.5 Å². The van der Waals surface area contributed by atoms with Gasteiger partial charge in [0.1, 0.15) is 11.9 Å². The Balaban J connectivity index is 2.14. The highest BCUT2D eigenvalue weighted by Gasteiger charge is 2.38. The molecule has 0 bridgehead atoms. The smallest absolute Gasteiger partial charge is 0.257 e. The van der Waals surface area contributed by atoms with E-state index in [0.29, 0.717) is 5.56 Å². The minimum Gasteiger partial charge on any atom is -0.358 e. The van der Waals surface area contributed by atoms with E-state index in [4.69, 9.17) is 0 Å². The van der Waals surface area contributed by atoms with Gasteiger partial charge in [-0.15, -0.1) is 0 Å². The number of H-pyrrole nitrogens is 1. The number of para-hydroxylation sites is 1. The number of rotatable bonds is 3. The summed E-state index contributed by atoms with van der Waals surface area (Å²) in [4.78, 5) is 35.6. The lowest BCUT2D eigenvalue weighted by atomic mass is 10.0. The van der Waals surface area contributed by atoms with E-state index in [1.54, 1.807) is 31.4 Å². The van der Waals surface area contributed by atoms with E-state index in [1.165, 1.54) is 0 Å². The molecule has 3 rings (SSSR count). The monoisotopic (exact) mass is 313 g/mol. The van der Waals surface area contributed by atoms with Crippen LogP contribution in [0.15, 0.2) is 30.6 Å². The predicted molar refractivity (Wildman–Crippen MR) is 86.0 cm³/mol. The Labute approximate surface area is 134 Å². The van der Waals surface area contributed by atoms with Crippen molar-refractivity contribution in [1.29, 1.82) is 0 Å². The zero-order chi connectivity index (χ0) is 16.6. The van der Waals surface area contributed by atoms with Gasteiger partial charge in [-0.25, -0.2) is 4.98 Å². The number of aromatic nitrogens is 2. The van der Waals surface area contributed by atoms with Crippen LogP contribution in [0.5, 0.6) is 0 Å². The third-order valence-electron chi connectivity index (χ3n) is 4.13. The summed E-state index contributed by atoms with van der Waals surface area (Å²) in [7, 11) is 3.33. The number of imidazole rings is 1. The van der Waals surface area contributed by atoms with Crippen LogP contribution in [0, 0.1) is 6.92 Å². The summed E-state index contributed by atoms with van der Waals surface area (Å²) in [5, 5.41) is 2.64. The van der Waals surface area contributed by atoms with E-state index in [2.05, 4.69) is 15.3 Å². The van der Waals surface area contributed by atoms with Gasteiger partial charge >= 0.3 is 0 Å². The van der Waals surface area contributed by atoms with Crippen LogP contribution in [0.25, 0.3) is 0 Å². The van der Waals surface area contributed by atoms with Crippen LogP contribution in [0.4, 0.5) is 5.69 Å². The molecule has 1 aliphatic rings. The molecule has 7 heteroatoms. The lowest BCUT2D eigenvalue weighted by Crippen LogP contribution is -2.50. The molecular formula is C16H19N5O2. The molecule has 0 saturated heterocycles. The maximum Gasteiger partial charge on any atom is 0.257 e. The first-order valence-electron chi connectivity index (χ1n) is 7.38. The minimum atomic E-state index is -0.430. The summed E-state index contributed by atoms with van der Waals surface area (Å²) < 4.78 is 0. The number of carbonyl (C=O) groups excluding carboxylic acids is 2. The van der Waals surface area contributed by atoms with Crippen molar-refractivity contribution in [3.63, 3.8) is 0 Å². The first-order valence-corrected chi connectivity index (χ1v) is 7.38. The number of hydrogen-bond acceptors (Lipinski definition) is 4. The molecule has 120 valence electrons. The fraction of sp³-hybridized carbons (Fsp3) is 0.312. The van der Waals surface area contributed by atoms with Crippen molar-refractivity contribution in [2.45, 2.75) is 13.1 Å². The topological polar surface area (TPSA) is 81.3 Å². The number of fused-ring (bicyclic) bond motifs is 1. The van der Waals surface area contributed by atoms with Gasteiger partial charge in [-0.2, -0.15) is 0 Å². The van der Waals surface area contributed by atoms with E-state index >= 15 is 0 Å². The van der Waals surface area contributed by atoms with E-state index in [9.17, 15) is 9.59 Å². The van der Waals surface area contributed by atoms with Crippen LogP contribution in [-0.2, 0) is 4.79 Å². The molecule has 2 amide bonds. The molecule has 1 aliphatic heterocycles. The first-order chi connectivity index (χ1) is 11.0. The van der Waals surface area contributed by atoms with Gasteiger partial charge in [-0.1, -0.05) is 12.1 Å². The maximum absolute atomic E-state index is 12.7. The largest absolute Gasteiger partial charge is 0.358 e. The Morgan fingerprint density at radius 1 is 1.39 bits per heavy atom. The van der Waals surface area contributed by atoms with Gasteiger partial charge < -0.3 is 20.1 Å². The van der Waals surface area contributed by atoms with Gasteiger partial charge in [-0.05, 0) is 19.1 Å². The van der Waals surface area contributed by atoms with Gasteiger partial charge in [0.15, 0.2) is 0 Å². The quantitative estimate of drug-likeness (QED) is 0.887. The van der Waals surface area contributed by atoms with Gasteiger partial charge in [-0.3, -0.25) is 9.59 Å². The van der Waals surface area contributed by atoms with Gasteiger partial charge in [0.05, 0.1) is 24.1 Å². The molecule has 0 saturated carbocycles. The summed E-state index contributed by atoms with van der Waals surface area (Å²) in [5.74, 6) is -0.207. The molecule has 2 aromatic rings. The van der Waals surface area contributed by atoms with E-state index < -0.39 is 6.17 Å². The highest BCUT2D eigenvalue weighted by molar-refractivity contribution is 6.02. The normalized spacial score (nSPS) is 17.2. The average Bonchev–Trinajstić information content (AvgIpc) is 2.98. The molecule has 0 unspecified atom stereocenters. The molecule has 0 spiro atoms. The average molecular weight is 313 g/mol.